The van der Waals surface area contributed by atoms with E-state index in [2.05, 4.69) is 4.90 Å². The Balaban J connectivity index is 1.39. The lowest BCUT2D eigenvalue weighted by molar-refractivity contribution is -0.123. The number of rotatable bonds is 3. The summed E-state index contributed by atoms with van der Waals surface area (Å²) >= 11 is 0. The second kappa shape index (κ2) is 6.92. The van der Waals surface area contributed by atoms with E-state index in [9.17, 15) is 14.4 Å². The molecular weight excluding hydrogens is 396 g/mol. The molecule has 4 heterocycles. The molecule has 2 aromatic rings. The molecule has 0 aromatic heterocycles. The van der Waals surface area contributed by atoms with Crippen molar-refractivity contribution in [3.05, 3.63) is 54.1 Å². The Morgan fingerprint density at radius 2 is 1.65 bits per heavy atom. The third-order valence-corrected chi connectivity index (χ3v) is 6.96. The first-order chi connectivity index (χ1) is 15.1. The van der Waals surface area contributed by atoms with Gasteiger partial charge in [0.1, 0.15) is 13.2 Å². The summed E-state index contributed by atoms with van der Waals surface area (Å²) < 4.78 is 11.2. The first-order valence-electron chi connectivity index (χ1n) is 10.8. The van der Waals surface area contributed by atoms with Gasteiger partial charge in [-0.1, -0.05) is 30.3 Å². The van der Waals surface area contributed by atoms with Crippen LogP contribution in [-0.4, -0.2) is 54.3 Å². The minimum atomic E-state index is -0.654. The van der Waals surface area contributed by atoms with E-state index in [0.29, 0.717) is 36.0 Å². The summed E-state index contributed by atoms with van der Waals surface area (Å²) in [6, 6.07) is 13.5. The lowest BCUT2D eigenvalue weighted by Crippen LogP contribution is -2.46. The summed E-state index contributed by atoms with van der Waals surface area (Å²) in [6.45, 7) is 1.64. The summed E-state index contributed by atoms with van der Waals surface area (Å²) in [4.78, 5) is 43.9. The molecule has 6 rings (SSSR count). The van der Waals surface area contributed by atoms with Crippen LogP contribution in [0.3, 0.4) is 0 Å². The summed E-state index contributed by atoms with van der Waals surface area (Å²) in [5, 5.41) is 0. The molecule has 0 bridgehead atoms. The van der Waals surface area contributed by atoms with Crippen molar-refractivity contribution in [1.82, 2.24) is 4.90 Å². The van der Waals surface area contributed by atoms with Gasteiger partial charge in [0.15, 0.2) is 17.3 Å². The normalized spacial score (nSPS) is 29.2. The number of benzene rings is 2. The molecule has 0 saturated carbocycles. The van der Waals surface area contributed by atoms with Gasteiger partial charge in [0.2, 0.25) is 11.8 Å². The van der Waals surface area contributed by atoms with Crippen LogP contribution >= 0.6 is 0 Å². The highest BCUT2D eigenvalue weighted by molar-refractivity contribution is 6.24. The fourth-order valence-electron chi connectivity index (χ4n) is 5.71. The summed E-state index contributed by atoms with van der Waals surface area (Å²) in [5.74, 6) is -0.596. The Morgan fingerprint density at radius 1 is 0.903 bits per heavy atom. The molecule has 7 heteroatoms. The molecule has 2 amide bonds. The number of ether oxygens (including phenoxy) is 2. The van der Waals surface area contributed by atoms with Crippen LogP contribution < -0.4 is 14.4 Å². The number of imide groups is 1. The maximum atomic E-state index is 13.6. The van der Waals surface area contributed by atoms with Crippen LogP contribution in [0.15, 0.2) is 48.5 Å². The molecule has 0 radical (unpaired) electrons. The number of Topliss-reactive ketones (excluding diaryl/α,β-unsaturated/α-hetero) is 1. The van der Waals surface area contributed by atoms with Gasteiger partial charge in [-0.05, 0) is 31.5 Å². The zero-order valence-electron chi connectivity index (χ0n) is 16.9. The number of fused-ring (bicyclic) bond motifs is 4. The van der Waals surface area contributed by atoms with Crippen LogP contribution in [0, 0.1) is 11.8 Å². The molecule has 2 aromatic carbocycles. The molecule has 4 unspecified atom stereocenters. The highest BCUT2D eigenvalue weighted by atomic mass is 16.6. The van der Waals surface area contributed by atoms with Gasteiger partial charge in [0, 0.05) is 17.7 Å². The topological polar surface area (TPSA) is 76.1 Å². The number of carbonyl (C=O) groups is 3. The first kappa shape index (κ1) is 18.6. The standard InChI is InChI=1S/C24H22N2O5/c27-22(14-5-2-1-3-6-14)21-20-19(16-7-4-10-25(16)21)23(28)26(24(20)29)15-8-9-17-18(13-15)31-12-11-30-17/h1-3,5-6,8-9,13,16,19-21H,4,7,10-12H2. The maximum absolute atomic E-state index is 13.6. The highest BCUT2D eigenvalue weighted by Crippen LogP contribution is 2.49. The van der Waals surface area contributed by atoms with Crippen molar-refractivity contribution < 1.29 is 23.9 Å². The largest absolute Gasteiger partial charge is 0.486 e. The summed E-state index contributed by atoms with van der Waals surface area (Å²) in [7, 11) is 0. The molecule has 0 spiro atoms. The first-order valence-corrected chi connectivity index (χ1v) is 10.8. The predicted octanol–water partition coefficient (Wildman–Crippen LogP) is 2.29. The van der Waals surface area contributed by atoms with Gasteiger partial charge >= 0.3 is 0 Å². The minimum Gasteiger partial charge on any atom is -0.486 e. The van der Waals surface area contributed by atoms with Gasteiger partial charge in [0.25, 0.3) is 0 Å². The molecule has 158 valence electrons. The van der Waals surface area contributed by atoms with E-state index < -0.39 is 17.9 Å². The fraction of sp³-hybridized carbons (Fsp3) is 0.375. The number of hydrogen-bond acceptors (Lipinski definition) is 6. The number of nitrogens with zero attached hydrogens (tertiary/aromatic N) is 2. The van der Waals surface area contributed by atoms with Gasteiger partial charge in [-0.3, -0.25) is 19.3 Å². The van der Waals surface area contributed by atoms with E-state index in [4.69, 9.17) is 9.47 Å². The molecule has 4 atom stereocenters. The molecule has 3 fully saturated rings. The van der Waals surface area contributed by atoms with Crippen molar-refractivity contribution in [1.29, 1.82) is 0 Å². The molecule has 3 saturated heterocycles. The van der Waals surface area contributed by atoms with Crippen LogP contribution in [0.5, 0.6) is 11.5 Å². The van der Waals surface area contributed by atoms with E-state index in [1.807, 2.05) is 18.2 Å². The Morgan fingerprint density at radius 3 is 2.45 bits per heavy atom. The molecule has 31 heavy (non-hydrogen) atoms. The van der Waals surface area contributed by atoms with Gasteiger partial charge in [-0.25, -0.2) is 4.90 Å². The number of carbonyl (C=O) groups excluding carboxylic acids is 3. The predicted molar refractivity (Wildman–Crippen MR) is 111 cm³/mol. The van der Waals surface area contributed by atoms with Crippen molar-refractivity contribution in [2.75, 3.05) is 24.7 Å². The summed E-state index contributed by atoms with van der Waals surface area (Å²) in [6.07, 6.45) is 1.76. The van der Waals surface area contributed by atoms with Crippen molar-refractivity contribution >= 4 is 23.3 Å². The maximum Gasteiger partial charge on any atom is 0.239 e. The Labute approximate surface area is 179 Å². The third-order valence-electron chi connectivity index (χ3n) is 6.96. The van der Waals surface area contributed by atoms with Gasteiger partial charge in [0.05, 0.1) is 23.6 Å². The Kier molecular flexibility index (Phi) is 4.14. The zero-order chi connectivity index (χ0) is 21.1. The minimum absolute atomic E-state index is 0.0682. The van der Waals surface area contributed by atoms with Crippen LogP contribution in [0.1, 0.15) is 23.2 Å². The molecule has 4 aliphatic rings. The van der Waals surface area contributed by atoms with Crippen LogP contribution in [0.2, 0.25) is 0 Å². The number of ketones is 1. The fourth-order valence-corrected chi connectivity index (χ4v) is 5.71. The smallest absolute Gasteiger partial charge is 0.239 e. The Bertz CT molecular complexity index is 1080. The van der Waals surface area contributed by atoms with E-state index in [1.54, 1.807) is 30.3 Å². The molecular formula is C24H22N2O5. The second-order valence-corrected chi connectivity index (χ2v) is 8.51. The third kappa shape index (κ3) is 2.66. The Hall–Kier alpha value is -3.19. The quantitative estimate of drug-likeness (QED) is 0.562. The van der Waals surface area contributed by atoms with Crippen molar-refractivity contribution in [3.8, 4) is 11.5 Å². The monoisotopic (exact) mass is 418 g/mol. The summed E-state index contributed by atoms with van der Waals surface area (Å²) in [5.41, 5.74) is 1.06. The SMILES string of the molecule is O=C(c1ccccc1)C1C2C(=O)N(c3ccc4c(c3)OCCO4)C(=O)C2C2CCCN21. The van der Waals surface area contributed by atoms with Crippen LogP contribution in [0.25, 0.3) is 0 Å². The number of anilines is 1. The lowest BCUT2D eigenvalue weighted by atomic mass is 9.85. The second-order valence-electron chi connectivity index (χ2n) is 8.51. The van der Waals surface area contributed by atoms with E-state index in [1.165, 1.54) is 4.90 Å². The number of hydrogen-bond donors (Lipinski definition) is 0. The molecule has 7 nitrogen and oxygen atoms in total. The van der Waals surface area contributed by atoms with Gasteiger partial charge in [-0.2, -0.15) is 0 Å². The van der Waals surface area contributed by atoms with Crippen LogP contribution in [-0.2, 0) is 9.59 Å². The molecule has 0 aliphatic carbocycles. The van der Waals surface area contributed by atoms with E-state index >= 15 is 0 Å². The van der Waals surface area contributed by atoms with E-state index in [0.717, 1.165) is 19.4 Å². The number of amides is 2. The average Bonchev–Trinajstić information content (AvgIpc) is 3.45. The zero-order valence-corrected chi connectivity index (χ0v) is 16.9. The highest BCUT2D eigenvalue weighted by Gasteiger charge is 2.64. The van der Waals surface area contributed by atoms with Crippen molar-refractivity contribution in [2.45, 2.75) is 24.9 Å². The van der Waals surface area contributed by atoms with Crippen LogP contribution in [0.4, 0.5) is 5.69 Å². The molecule has 4 aliphatic heterocycles. The molecule has 0 N–H and O–H groups in total. The lowest BCUT2D eigenvalue weighted by Gasteiger charge is -2.28. The van der Waals surface area contributed by atoms with E-state index in [-0.39, 0.29) is 23.6 Å². The van der Waals surface area contributed by atoms with Crippen molar-refractivity contribution in [2.24, 2.45) is 11.8 Å². The van der Waals surface area contributed by atoms with Gasteiger partial charge in [-0.15, -0.1) is 0 Å². The van der Waals surface area contributed by atoms with Gasteiger partial charge < -0.3 is 9.47 Å². The average molecular weight is 418 g/mol. The van der Waals surface area contributed by atoms with Crippen molar-refractivity contribution in [3.63, 3.8) is 0 Å².